The molecule has 0 aliphatic carbocycles. The summed E-state index contributed by atoms with van der Waals surface area (Å²) < 4.78 is 32.3. The molecule has 0 amide bonds. The van der Waals surface area contributed by atoms with E-state index in [2.05, 4.69) is 4.98 Å². The number of rotatable bonds is 4. The number of pyridine rings is 1. The standard InChI is InChI=1S/C16H18N2O3S/c1-13-7-8-16(17-11-13)21-14-9-10-18(12-14)22(19,20)15-5-3-2-4-6-15/h2-8,11,14H,9-10,12H2,1H3. The maximum absolute atomic E-state index is 12.5. The Morgan fingerprint density at radius 1 is 1.18 bits per heavy atom. The van der Waals surface area contributed by atoms with Gasteiger partial charge in [0, 0.05) is 18.8 Å². The maximum Gasteiger partial charge on any atom is 0.243 e. The second-order valence-electron chi connectivity index (χ2n) is 5.38. The van der Waals surface area contributed by atoms with Crippen LogP contribution in [0.4, 0.5) is 0 Å². The zero-order valence-corrected chi connectivity index (χ0v) is 13.2. The molecule has 1 saturated heterocycles. The van der Waals surface area contributed by atoms with Gasteiger partial charge in [-0.2, -0.15) is 4.31 Å². The lowest BCUT2D eigenvalue weighted by Crippen LogP contribution is -2.31. The number of aromatic nitrogens is 1. The lowest BCUT2D eigenvalue weighted by Gasteiger charge is -2.17. The normalized spacial score (nSPS) is 19.2. The van der Waals surface area contributed by atoms with Crippen molar-refractivity contribution >= 4 is 10.0 Å². The molecule has 0 spiro atoms. The average molecular weight is 318 g/mol. The summed E-state index contributed by atoms with van der Waals surface area (Å²) in [4.78, 5) is 4.52. The molecule has 1 unspecified atom stereocenters. The zero-order valence-electron chi connectivity index (χ0n) is 12.3. The Kier molecular flexibility index (Phi) is 4.13. The molecule has 1 aromatic carbocycles. The molecule has 0 N–H and O–H groups in total. The first kappa shape index (κ1) is 15.0. The predicted molar refractivity (Wildman–Crippen MR) is 83.2 cm³/mol. The Balaban J connectivity index is 1.68. The Hall–Kier alpha value is -1.92. The lowest BCUT2D eigenvalue weighted by atomic mass is 10.3. The fraction of sp³-hybridized carbons (Fsp3) is 0.312. The van der Waals surface area contributed by atoms with Gasteiger partial charge in [-0.05, 0) is 31.0 Å². The summed E-state index contributed by atoms with van der Waals surface area (Å²) in [6.07, 6.45) is 2.25. The van der Waals surface area contributed by atoms with Crippen molar-refractivity contribution in [3.63, 3.8) is 0 Å². The van der Waals surface area contributed by atoms with Gasteiger partial charge in [-0.15, -0.1) is 0 Å². The Bertz CT molecular complexity index is 730. The smallest absolute Gasteiger partial charge is 0.243 e. The van der Waals surface area contributed by atoms with E-state index in [1.807, 2.05) is 19.1 Å². The molecule has 2 heterocycles. The van der Waals surface area contributed by atoms with Crippen LogP contribution in [0.15, 0.2) is 53.6 Å². The first-order valence-electron chi connectivity index (χ1n) is 7.20. The molecular weight excluding hydrogens is 300 g/mol. The van der Waals surface area contributed by atoms with Crippen molar-refractivity contribution in [2.75, 3.05) is 13.1 Å². The number of hydrogen-bond acceptors (Lipinski definition) is 4. The molecule has 5 nitrogen and oxygen atoms in total. The minimum absolute atomic E-state index is 0.159. The summed E-state index contributed by atoms with van der Waals surface area (Å²) >= 11 is 0. The van der Waals surface area contributed by atoms with Crippen molar-refractivity contribution in [1.82, 2.24) is 9.29 Å². The SMILES string of the molecule is Cc1ccc(OC2CCN(S(=O)(=O)c3ccccc3)C2)nc1. The number of benzene rings is 1. The van der Waals surface area contributed by atoms with Gasteiger partial charge in [0.25, 0.3) is 0 Å². The number of hydrogen-bond donors (Lipinski definition) is 0. The van der Waals surface area contributed by atoms with Crippen molar-refractivity contribution < 1.29 is 13.2 Å². The van der Waals surface area contributed by atoms with E-state index in [-0.39, 0.29) is 6.10 Å². The summed E-state index contributed by atoms with van der Waals surface area (Å²) in [6.45, 7) is 2.78. The Morgan fingerprint density at radius 2 is 1.95 bits per heavy atom. The first-order valence-corrected chi connectivity index (χ1v) is 8.64. The molecule has 3 rings (SSSR count). The van der Waals surface area contributed by atoms with Crippen LogP contribution in [-0.4, -0.2) is 36.9 Å². The number of nitrogens with zero attached hydrogens (tertiary/aromatic N) is 2. The van der Waals surface area contributed by atoms with Crippen LogP contribution in [0.5, 0.6) is 5.88 Å². The molecule has 22 heavy (non-hydrogen) atoms. The number of aryl methyl sites for hydroxylation is 1. The summed E-state index contributed by atoms with van der Waals surface area (Å²) in [5.41, 5.74) is 1.06. The highest BCUT2D eigenvalue weighted by Crippen LogP contribution is 2.23. The van der Waals surface area contributed by atoms with Gasteiger partial charge < -0.3 is 4.74 Å². The van der Waals surface area contributed by atoms with E-state index in [1.165, 1.54) is 4.31 Å². The fourth-order valence-corrected chi connectivity index (χ4v) is 3.96. The third-order valence-electron chi connectivity index (χ3n) is 3.66. The van der Waals surface area contributed by atoms with E-state index in [9.17, 15) is 8.42 Å². The van der Waals surface area contributed by atoms with Gasteiger partial charge in [0.1, 0.15) is 6.10 Å². The quantitative estimate of drug-likeness (QED) is 0.867. The second kappa shape index (κ2) is 6.06. The van der Waals surface area contributed by atoms with Gasteiger partial charge in [0.15, 0.2) is 0 Å². The molecule has 1 aliphatic rings. The summed E-state index contributed by atoms with van der Waals surface area (Å²) in [5.74, 6) is 0.537. The Morgan fingerprint density at radius 3 is 2.64 bits per heavy atom. The predicted octanol–water partition coefficient (Wildman–Crippen LogP) is 2.23. The molecule has 6 heteroatoms. The molecule has 1 atom stereocenters. The highest BCUT2D eigenvalue weighted by molar-refractivity contribution is 7.89. The van der Waals surface area contributed by atoms with Crippen LogP contribution >= 0.6 is 0 Å². The maximum atomic E-state index is 12.5. The van der Waals surface area contributed by atoms with Crippen LogP contribution in [-0.2, 0) is 10.0 Å². The average Bonchev–Trinajstić information content (AvgIpc) is 3.00. The fourth-order valence-electron chi connectivity index (χ4n) is 2.45. The summed E-state index contributed by atoms with van der Waals surface area (Å²) in [5, 5.41) is 0. The molecule has 116 valence electrons. The van der Waals surface area contributed by atoms with Gasteiger partial charge in [-0.1, -0.05) is 24.3 Å². The van der Waals surface area contributed by atoms with Gasteiger partial charge in [0.2, 0.25) is 15.9 Å². The monoisotopic (exact) mass is 318 g/mol. The number of ether oxygens (including phenoxy) is 1. The van der Waals surface area contributed by atoms with E-state index >= 15 is 0 Å². The van der Waals surface area contributed by atoms with E-state index in [0.717, 1.165) is 5.56 Å². The molecule has 1 fully saturated rings. The van der Waals surface area contributed by atoms with Gasteiger partial charge in [-0.3, -0.25) is 0 Å². The van der Waals surface area contributed by atoms with Crippen molar-refractivity contribution in [2.24, 2.45) is 0 Å². The Labute approximate surface area is 130 Å². The van der Waals surface area contributed by atoms with Crippen LogP contribution in [0, 0.1) is 6.92 Å². The van der Waals surface area contributed by atoms with Crippen molar-refractivity contribution in [3.8, 4) is 5.88 Å². The van der Waals surface area contributed by atoms with Crippen LogP contribution in [0.25, 0.3) is 0 Å². The van der Waals surface area contributed by atoms with Gasteiger partial charge in [-0.25, -0.2) is 13.4 Å². The van der Waals surface area contributed by atoms with Crippen LogP contribution in [0.1, 0.15) is 12.0 Å². The van der Waals surface area contributed by atoms with E-state index in [0.29, 0.717) is 30.3 Å². The molecule has 0 radical (unpaired) electrons. The topological polar surface area (TPSA) is 59.5 Å². The van der Waals surface area contributed by atoms with E-state index in [1.54, 1.807) is 36.5 Å². The molecule has 1 aromatic heterocycles. The second-order valence-corrected chi connectivity index (χ2v) is 7.32. The van der Waals surface area contributed by atoms with Crippen LogP contribution in [0.3, 0.4) is 0 Å². The van der Waals surface area contributed by atoms with Crippen LogP contribution < -0.4 is 4.74 Å². The minimum Gasteiger partial charge on any atom is -0.473 e. The summed E-state index contributed by atoms with van der Waals surface area (Å²) in [6, 6.07) is 12.2. The molecule has 0 bridgehead atoms. The first-order chi connectivity index (χ1) is 10.6. The lowest BCUT2D eigenvalue weighted by molar-refractivity contribution is 0.207. The van der Waals surface area contributed by atoms with E-state index in [4.69, 9.17) is 4.74 Å². The third kappa shape index (κ3) is 3.13. The number of sulfonamides is 1. The largest absolute Gasteiger partial charge is 0.473 e. The summed E-state index contributed by atoms with van der Waals surface area (Å²) in [7, 11) is -3.44. The molecule has 0 saturated carbocycles. The van der Waals surface area contributed by atoms with Crippen molar-refractivity contribution in [1.29, 1.82) is 0 Å². The highest BCUT2D eigenvalue weighted by Gasteiger charge is 2.33. The van der Waals surface area contributed by atoms with Crippen molar-refractivity contribution in [3.05, 3.63) is 54.2 Å². The molecule has 2 aromatic rings. The van der Waals surface area contributed by atoms with Gasteiger partial charge in [0.05, 0.1) is 11.4 Å². The zero-order chi connectivity index (χ0) is 15.6. The molecular formula is C16H18N2O3S. The highest BCUT2D eigenvalue weighted by atomic mass is 32.2. The van der Waals surface area contributed by atoms with Gasteiger partial charge >= 0.3 is 0 Å². The van der Waals surface area contributed by atoms with Crippen molar-refractivity contribution in [2.45, 2.75) is 24.3 Å². The minimum atomic E-state index is -3.44. The van der Waals surface area contributed by atoms with E-state index < -0.39 is 10.0 Å². The van der Waals surface area contributed by atoms with Crippen LogP contribution in [0.2, 0.25) is 0 Å². The molecule has 1 aliphatic heterocycles. The third-order valence-corrected chi connectivity index (χ3v) is 5.54.